The van der Waals surface area contributed by atoms with E-state index >= 15 is 0 Å². The highest BCUT2D eigenvalue weighted by atomic mass is 16.5. The van der Waals surface area contributed by atoms with Crippen molar-refractivity contribution >= 4 is 5.91 Å². The van der Waals surface area contributed by atoms with Gasteiger partial charge in [-0.3, -0.25) is 4.79 Å². The first-order chi connectivity index (χ1) is 11.9. The molecule has 2 bridgehead atoms. The Labute approximate surface area is 151 Å². The number of benzene rings is 1. The summed E-state index contributed by atoms with van der Waals surface area (Å²) in [6.45, 7) is 7.01. The van der Waals surface area contributed by atoms with Crippen LogP contribution in [0.1, 0.15) is 48.5 Å². The number of ether oxygens (including phenoxy) is 1. The van der Waals surface area contributed by atoms with Crippen LogP contribution in [0.2, 0.25) is 0 Å². The zero-order chi connectivity index (χ0) is 17.8. The summed E-state index contributed by atoms with van der Waals surface area (Å²) in [6.07, 6.45) is 2.66. The highest BCUT2D eigenvalue weighted by molar-refractivity contribution is 5.94. The molecule has 1 aromatic rings. The van der Waals surface area contributed by atoms with Crippen LogP contribution in [0.25, 0.3) is 0 Å². The molecule has 0 aliphatic carbocycles. The van der Waals surface area contributed by atoms with Gasteiger partial charge in [-0.15, -0.1) is 0 Å². The van der Waals surface area contributed by atoms with E-state index in [4.69, 9.17) is 4.74 Å². The van der Waals surface area contributed by atoms with Crippen LogP contribution in [-0.4, -0.2) is 61.1 Å². The van der Waals surface area contributed by atoms with Gasteiger partial charge in [-0.25, -0.2) is 0 Å². The normalized spacial score (nSPS) is 33.5. The number of rotatable bonds is 4. The molecule has 3 aliphatic heterocycles. The van der Waals surface area contributed by atoms with Crippen molar-refractivity contribution in [1.82, 2.24) is 9.80 Å². The Morgan fingerprint density at radius 1 is 1.40 bits per heavy atom. The van der Waals surface area contributed by atoms with E-state index < -0.39 is 0 Å². The third-order valence-corrected chi connectivity index (χ3v) is 6.45. The Morgan fingerprint density at radius 2 is 2.20 bits per heavy atom. The van der Waals surface area contributed by atoms with E-state index in [2.05, 4.69) is 45.0 Å². The monoisotopic (exact) mass is 342 g/mol. The molecule has 0 N–H and O–H groups in total. The van der Waals surface area contributed by atoms with Gasteiger partial charge in [0.2, 0.25) is 0 Å². The van der Waals surface area contributed by atoms with Crippen molar-refractivity contribution in [1.29, 1.82) is 0 Å². The fourth-order valence-electron chi connectivity index (χ4n) is 5.22. The van der Waals surface area contributed by atoms with Crippen molar-refractivity contribution in [2.75, 3.05) is 33.7 Å². The number of nitrogens with zero attached hydrogens (tertiary/aromatic N) is 2. The minimum atomic E-state index is -0.0728. The summed E-state index contributed by atoms with van der Waals surface area (Å²) < 4.78 is 6.46. The maximum absolute atomic E-state index is 13.1. The van der Waals surface area contributed by atoms with Crippen LogP contribution in [-0.2, 0) is 4.74 Å². The number of carbonyl (C=O) groups excluding carboxylic acids is 1. The third-order valence-electron chi connectivity index (χ3n) is 6.45. The summed E-state index contributed by atoms with van der Waals surface area (Å²) in [5, 5.41) is 0. The SMILES string of the molecule is CC(C)c1cccc(C(=O)N2C[C@@H]3[C@H](CN(C)C)[C@H]4CC[C@]3(C2)O4)c1. The largest absolute Gasteiger partial charge is 0.369 e. The fourth-order valence-corrected chi connectivity index (χ4v) is 5.22. The number of amides is 1. The lowest BCUT2D eigenvalue weighted by molar-refractivity contribution is 0.00256. The number of fused-ring (bicyclic) bond motifs is 1. The minimum Gasteiger partial charge on any atom is -0.369 e. The summed E-state index contributed by atoms with van der Waals surface area (Å²) in [5.74, 6) is 1.66. The minimum absolute atomic E-state index is 0.0728. The van der Waals surface area contributed by atoms with E-state index in [-0.39, 0.29) is 11.5 Å². The van der Waals surface area contributed by atoms with Crippen LogP contribution in [0.5, 0.6) is 0 Å². The molecular weight excluding hydrogens is 312 g/mol. The van der Waals surface area contributed by atoms with Crippen molar-refractivity contribution in [3.05, 3.63) is 35.4 Å². The van der Waals surface area contributed by atoms with Crippen molar-refractivity contribution < 1.29 is 9.53 Å². The average molecular weight is 342 g/mol. The molecule has 4 heteroatoms. The van der Waals surface area contributed by atoms with Crippen LogP contribution < -0.4 is 0 Å². The van der Waals surface area contributed by atoms with Gasteiger partial charge in [0.25, 0.3) is 5.91 Å². The lowest BCUT2D eigenvalue weighted by atomic mass is 9.73. The molecule has 4 atom stereocenters. The molecule has 3 fully saturated rings. The van der Waals surface area contributed by atoms with Gasteiger partial charge in [-0.05, 0) is 50.6 Å². The van der Waals surface area contributed by atoms with Crippen molar-refractivity contribution in [3.8, 4) is 0 Å². The summed E-state index contributed by atoms with van der Waals surface area (Å²) in [6, 6.07) is 8.13. The second-order valence-corrected chi connectivity index (χ2v) is 8.76. The Balaban J connectivity index is 1.54. The molecule has 25 heavy (non-hydrogen) atoms. The maximum Gasteiger partial charge on any atom is 0.253 e. The zero-order valence-electron chi connectivity index (χ0n) is 15.9. The van der Waals surface area contributed by atoms with E-state index in [9.17, 15) is 4.79 Å². The van der Waals surface area contributed by atoms with E-state index in [1.165, 1.54) is 5.56 Å². The van der Waals surface area contributed by atoms with Gasteiger partial charge in [0.1, 0.15) is 0 Å². The summed E-state index contributed by atoms with van der Waals surface area (Å²) >= 11 is 0. The average Bonchev–Trinajstić information content (AvgIpc) is 3.23. The summed E-state index contributed by atoms with van der Waals surface area (Å²) in [5.41, 5.74) is 1.98. The quantitative estimate of drug-likeness (QED) is 0.843. The van der Waals surface area contributed by atoms with Crippen molar-refractivity contribution in [2.24, 2.45) is 11.8 Å². The van der Waals surface area contributed by atoms with Crippen LogP contribution >= 0.6 is 0 Å². The summed E-state index contributed by atoms with van der Waals surface area (Å²) in [7, 11) is 4.27. The molecule has 0 unspecified atom stereocenters. The lowest BCUT2D eigenvalue weighted by Gasteiger charge is -2.30. The van der Waals surface area contributed by atoms with Gasteiger partial charge in [-0.1, -0.05) is 26.0 Å². The second kappa shape index (κ2) is 6.10. The Kier molecular flexibility index (Phi) is 4.16. The molecule has 0 aromatic heterocycles. The molecule has 3 heterocycles. The smallest absolute Gasteiger partial charge is 0.253 e. The fraction of sp³-hybridized carbons (Fsp3) is 0.667. The van der Waals surface area contributed by atoms with Crippen LogP contribution in [0.4, 0.5) is 0 Å². The zero-order valence-corrected chi connectivity index (χ0v) is 15.9. The first-order valence-electron chi connectivity index (χ1n) is 9.61. The molecule has 1 amide bonds. The number of hydrogen-bond acceptors (Lipinski definition) is 3. The number of likely N-dealkylation sites (tertiary alicyclic amines) is 1. The van der Waals surface area contributed by atoms with Gasteiger partial charge in [0, 0.05) is 30.5 Å². The molecule has 0 saturated carbocycles. The summed E-state index contributed by atoms with van der Waals surface area (Å²) in [4.78, 5) is 17.4. The van der Waals surface area contributed by atoms with Gasteiger partial charge in [-0.2, -0.15) is 0 Å². The number of hydrogen-bond donors (Lipinski definition) is 0. The predicted octanol–water partition coefficient (Wildman–Crippen LogP) is 2.99. The molecule has 4 rings (SSSR count). The molecular formula is C21H30N2O2. The van der Waals surface area contributed by atoms with E-state index in [1.54, 1.807) is 0 Å². The van der Waals surface area contributed by atoms with Crippen molar-refractivity contribution in [2.45, 2.75) is 44.3 Å². The first-order valence-corrected chi connectivity index (χ1v) is 9.61. The molecule has 1 aromatic carbocycles. The second-order valence-electron chi connectivity index (χ2n) is 8.76. The van der Waals surface area contributed by atoms with E-state index in [1.807, 2.05) is 17.0 Å². The van der Waals surface area contributed by atoms with Gasteiger partial charge in [0.15, 0.2) is 0 Å². The van der Waals surface area contributed by atoms with E-state index in [0.717, 1.165) is 38.0 Å². The molecule has 4 nitrogen and oxygen atoms in total. The third kappa shape index (κ3) is 2.80. The molecule has 3 aliphatic rings. The first kappa shape index (κ1) is 17.0. The van der Waals surface area contributed by atoms with Crippen LogP contribution in [0, 0.1) is 11.8 Å². The molecule has 3 saturated heterocycles. The standard InChI is InChI=1S/C21H30N2O2/c1-14(2)15-6-5-7-16(10-15)20(24)23-12-18-17(11-22(3)4)19-8-9-21(18,13-23)25-19/h5-7,10,14,17-19H,8-9,11-13H2,1-4H3/t17-,18+,19+,21+/m0/s1. The van der Waals surface area contributed by atoms with Gasteiger partial charge in [0.05, 0.1) is 18.2 Å². The number of carbonyl (C=O) groups is 1. The Bertz CT molecular complexity index is 672. The van der Waals surface area contributed by atoms with Crippen LogP contribution in [0.3, 0.4) is 0 Å². The van der Waals surface area contributed by atoms with Crippen LogP contribution in [0.15, 0.2) is 24.3 Å². The lowest BCUT2D eigenvalue weighted by Crippen LogP contribution is -2.40. The van der Waals surface area contributed by atoms with E-state index in [0.29, 0.717) is 23.9 Å². The Hall–Kier alpha value is -1.39. The maximum atomic E-state index is 13.1. The highest BCUT2D eigenvalue weighted by Gasteiger charge is 2.63. The van der Waals surface area contributed by atoms with Crippen molar-refractivity contribution in [3.63, 3.8) is 0 Å². The Morgan fingerprint density at radius 3 is 2.92 bits per heavy atom. The molecule has 136 valence electrons. The van der Waals surface area contributed by atoms with Gasteiger partial charge < -0.3 is 14.5 Å². The molecule has 0 radical (unpaired) electrons. The molecule has 1 spiro atoms. The highest BCUT2D eigenvalue weighted by Crippen LogP contribution is 2.55. The topological polar surface area (TPSA) is 32.8 Å². The van der Waals surface area contributed by atoms with Gasteiger partial charge >= 0.3 is 0 Å². The predicted molar refractivity (Wildman–Crippen MR) is 98.8 cm³/mol.